The summed E-state index contributed by atoms with van der Waals surface area (Å²) in [6, 6.07) is 6.98. The number of anilines is 1. The minimum absolute atomic E-state index is 0.0348. The highest BCUT2D eigenvalue weighted by Crippen LogP contribution is 2.19. The smallest absolute Gasteiger partial charge is 0.261 e. The van der Waals surface area contributed by atoms with E-state index in [1.807, 2.05) is 0 Å². The molecule has 0 aliphatic carbocycles. The summed E-state index contributed by atoms with van der Waals surface area (Å²) in [5.41, 5.74) is 0.374. The molecule has 0 atom stereocenters. The minimum atomic E-state index is -3.80. The van der Waals surface area contributed by atoms with Crippen LogP contribution in [0.4, 0.5) is 5.69 Å². The van der Waals surface area contributed by atoms with Gasteiger partial charge in [-0.05, 0) is 42.8 Å². The highest BCUT2D eigenvalue weighted by molar-refractivity contribution is 7.89. The Bertz CT molecular complexity index is 856. The summed E-state index contributed by atoms with van der Waals surface area (Å²) < 4.78 is 22.5. The van der Waals surface area contributed by atoms with Crippen molar-refractivity contribution >= 4 is 21.6 Å². The molecule has 1 aromatic carbocycles. The van der Waals surface area contributed by atoms with E-state index in [0.29, 0.717) is 11.3 Å². The zero-order chi connectivity index (χ0) is 15.6. The maximum Gasteiger partial charge on any atom is 0.261 e. The van der Waals surface area contributed by atoms with E-state index in [1.54, 1.807) is 6.92 Å². The fourth-order valence-electron chi connectivity index (χ4n) is 1.74. The second kappa shape index (κ2) is 5.51. The number of nitrogens with one attached hydrogen (secondary N) is 2. The molecule has 1 heterocycles. The number of hydrogen-bond donors (Lipinski definition) is 3. The van der Waals surface area contributed by atoms with Gasteiger partial charge in [0.15, 0.2) is 0 Å². The second-order valence-corrected chi connectivity index (χ2v) is 5.95. The van der Waals surface area contributed by atoms with Crippen LogP contribution < -0.4 is 16.0 Å². The Labute approximate surface area is 120 Å². The predicted octanol–water partition coefficient (Wildman–Crippen LogP) is 0.583. The fraction of sp³-hybridized carbons (Fsp3) is 0.0769. The van der Waals surface area contributed by atoms with Crippen molar-refractivity contribution in [1.29, 1.82) is 0 Å². The molecule has 1 aromatic heterocycles. The molecular formula is C13H13N3O4S. The molecule has 0 bridgehead atoms. The lowest BCUT2D eigenvalue weighted by Gasteiger charge is -2.09. The molecule has 0 saturated carbocycles. The van der Waals surface area contributed by atoms with Crippen LogP contribution in [0.25, 0.3) is 0 Å². The first-order valence-electron chi connectivity index (χ1n) is 5.91. The number of aromatic nitrogens is 1. The number of primary sulfonamides is 1. The van der Waals surface area contributed by atoms with Crippen molar-refractivity contribution in [3.05, 3.63) is 58.0 Å². The molecule has 2 rings (SSSR count). The van der Waals surface area contributed by atoms with E-state index in [2.05, 4.69) is 10.3 Å². The maximum atomic E-state index is 12.0. The molecule has 2 aromatic rings. The summed E-state index contributed by atoms with van der Waals surface area (Å²) in [5.74, 6) is -0.580. The van der Waals surface area contributed by atoms with E-state index < -0.39 is 21.5 Å². The summed E-state index contributed by atoms with van der Waals surface area (Å²) >= 11 is 0. The maximum absolute atomic E-state index is 12.0. The van der Waals surface area contributed by atoms with Crippen LogP contribution in [-0.2, 0) is 10.0 Å². The molecule has 0 radical (unpaired) electrons. The number of carbonyl (C=O) groups is 1. The van der Waals surface area contributed by atoms with Gasteiger partial charge in [0.25, 0.3) is 11.5 Å². The molecule has 0 aliphatic heterocycles. The number of benzene rings is 1. The van der Waals surface area contributed by atoms with Gasteiger partial charge in [-0.3, -0.25) is 9.59 Å². The van der Waals surface area contributed by atoms with Crippen LogP contribution in [0.15, 0.2) is 46.2 Å². The molecule has 7 nitrogen and oxygen atoms in total. The molecule has 0 fully saturated rings. The van der Waals surface area contributed by atoms with Crippen molar-refractivity contribution in [2.75, 3.05) is 5.32 Å². The number of hydrogen-bond acceptors (Lipinski definition) is 4. The van der Waals surface area contributed by atoms with Crippen molar-refractivity contribution < 1.29 is 13.2 Å². The third-order valence-corrected chi connectivity index (χ3v) is 3.75. The SMILES string of the molecule is Cc1cc(S(N)(=O)=O)ccc1NC(=O)c1ccc[nH]c1=O. The number of pyridine rings is 1. The zero-order valence-electron chi connectivity index (χ0n) is 11.1. The number of amides is 1. The van der Waals surface area contributed by atoms with Gasteiger partial charge in [0.05, 0.1) is 4.90 Å². The van der Waals surface area contributed by atoms with Gasteiger partial charge in [-0.2, -0.15) is 0 Å². The largest absolute Gasteiger partial charge is 0.328 e. The van der Waals surface area contributed by atoms with Crippen LogP contribution in [-0.4, -0.2) is 19.3 Å². The molecule has 110 valence electrons. The van der Waals surface area contributed by atoms with Crippen molar-refractivity contribution in [2.45, 2.75) is 11.8 Å². The Morgan fingerprint density at radius 3 is 2.57 bits per heavy atom. The number of sulfonamides is 1. The van der Waals surface area contributed by atoms with Gasteiger partial charge in [-0.15, -0.1) is 0 Å². The highest BCUT2D eigenvalue weighted by atomic mass is 32.2. The standard InChI is InChI=1S/C13H13N3O4S/c1-8-7-9(21(14,19)20)4-5-11(8)16-13(18)10-3-2-6-15-12(10)17/h2-7H,1H3,(H,15,17)(H,16,18)(H2,14,19,20). The van der Waals surface area contributed by atoms with Gasteiger partial charge in [-0.25, -0.2) is 13.6 Å². The zero-order valence-corrected chi connectivity index (χ0v) is 11.9. The Kier molecular flexibility index (Phi) is 3.92. The monoisotopic (exact) mass is 307 g/mol. The lowest BCUT2D eigenvalue weighted by molar-refractivity contribution is 0.102. The molecule has 0 saturated heterocycles. The van der Waals surface area contributed by atoms with Crippen molar-refractivity contribution in [2.24, 2.45) is 5.14 Å². The quantitative estimate of drug-likeness (QED) is 0.767. The molecule has 1 amide bonds. The van der Waals surface area contributed by atoms with Gasteiger partial charge in [-0.1, -0.05) is 0 Å². The van der Waals surface area contributed by atoms with E-state index in [-0.39, 0.29) is 10.5 Å². The van der Waals surface area contributed by atoms with E-state index >= 15 is 0 Å². The van der Waals surface area contributed by atoms with Crippen LogP contribution in [0.2, 0.25) is 0 Å². The topological polar surface area (TPSA) is 122 Å². The summed E-state index contributed by atoms with van der Waals surface area (Å²) in [6.07, 6.45) is 1.42. The first-order chi connectivity index (χ1) is 9.79. The van der Waals surface area contributed by atoms with E-state index in [4.69, 9.17) is 5.14 Å². The van der Waals surface area contributed by atoms with Gasteiger partial charge in [0.1, 0.15) is 5.56 Å². The first kappa shape index (κ1) is 14.9. The number of H-pyrrole nitrogens is 1. The Hall–Kier alpha value is -2.45. The van der Waals surface area contributed by atoms with Gasteiger partial charge < -0.3 is 10.3 Å². The average molecular weight is 307 g/mol. The van der Waals surface area contributed by atoms with Gasteiger partial charge in [0, 0.05) is 11.9 Å². The van der Waals surface area contributed by atoms with E-state index in [1.165, 1.54) is 36.5 Å². The molecule has 0 spiro atoms. The normalized spacial score (nSPS) is 11.1. The Balaban J connectivity index is 2.31. The first-order valence-corrected chi connectivity index (χ1v) is 7.46. The molecule has 4 N–H and O–H groups in total. The van der Waals surface area contributed by atoms with Crippen LogP contribution in [0, 0.1) is 6.92 Å². The van der Waals surface area contributed by atoms with Crippen molar-refractivity contribution in [1.82, 2.24) is 4.98 Å². The van der Waals surface area contributed by atoms with E-state index in [0.717, 1.165) is 0 Å². The predicted molar refractivity (Wildman–Crippen MR) is 77.6 cm³/mol. The average Bonchev–Trinajstić information content (AvgIpc) is 2.40. The molecular weight excluding hydrogens is 294 g/mol. The number of nitrogens with two attached hydrogens (primary N) is 1. The lowest BCUT2D eigenvalue weighted by atomic mass is 10.2. The third-order valence-electron chi connectivity index (χ3n) is 2.84. The summed E-state index contributed by atoms with van der Waals surface area (Å²) in [5, 5.41) is 7.58. The van der Waals surface area contributed by atoms with E-state index in [9.17, 15) is 18.0 Å². The third kappa shape index (κ3) is 3.36. The van der Waals surface area contributed by atoms with Crippen LogP contribution in [0.3, 0.4) is 0 Å². The summed E-state index contributed by atoms with van der Waals surface area (Å²) in [7, 11) is -3.80. The molecule has 0 aliphatic rings. The van der Waals surface area contributed by atoms with Crippen LogP contribution in [0.1, 0.15) is 15.9 Å². The second-order valence-electron chi connectivity index (χ2n) is 4.39. The van der Waals surface area contributed by atoms with Crippen molar-refractivity contribution in [3.63, 3.8) is 0 Å². The number of rotatable bonds is 3. The van der Waals surface area contributed by atoms with Crippen molar-refractivity contribution in [3.8, 4) is 0 Å². The minimum Gasteiger partial charge on any atom is -0.328 e. The van der Waals surface area contributed by atoms with Crippen LogP contribution in [0.5, 0.6) is 0 Å². The molecule has 21 heavy (non-hydrogen) atoms. The Morgan fingerprint density at radius 2 is 2.00 bits per heavy atom. The van der Waals surface area contributed by atoms with Crippen LogP contribution >= 0.6 is 0 Å². The Morgan fingerprint density at radius 1 is 1.29 bits per heavy atom. The summed E-state index contributed by atoms with van der Waals surface area (Å²) in [6.45, 7) is 1.62. The highest BCUT2D eigenvalue weighted by Gasteiger charge is 2.13. The number of aryl methyl sites for hydroxylation is 1. The summed E-state index contributed by atoms with van der Waals surface area (Å²) in [4.78, 5) is 25.9. The number of aromatic amines is 1. The number of carbonyl (C=O) groups excluding carboxylic acids is 1. The molecule has 0 unspecified atom stereocenters. The van der Waals surface area contributed by atoms with Gasteiger partial charge in [0.2, 0.25) is 10.0 Å². The fourth-order valence-corrected chi connectivity index (χ4v) is 2.34. The molecule has 8 heteroatoms. The lowest BCUT2D eigenvalue weighted by Crippen LogP contribution is -2.23. The van der Waals surface area contributed by atoms with Gasteiger partial charge >= 0.3 is 0 Å².